The molecule has 2 N–H and O–H groups in total. The molecule has 1 aromatic carbocycles. The summed E-state index contributed by atoms with van der Waals surface area (Å²) < 4.78 is 0. The van der Waals surface area contributed by atoms with Gasteiger partial charge in [-0.15, -0.1) is 0 Å². The molecule has 1 saturated heterocycles. The van der Waals surface area contributed by atoms with E-state index in [2.05, 4.69) is 28.9 Å². The van der Waals surface area contributed by atoms with Crippen molar-refractivity contribution in [2.45, 2.75) is 25.8 Å². The average molecular weight is 282 g/mol. The summed E-state index contributed by atoms with van der Waals surface area (Å²) in [7, 11) is 0. The van der Waals surface area contributed by atoms with Gasteiger partial charge in [0.25, 0.3) is 0 Å². The largest absolute Gasteiger partial charge is 0.368 e. The Balaban J connectivity index is 1.87. The zero-order valence-corrected chi connectivity index (χ0v) is 12.4. The molecule has 1 aliphatic rings. The van der Waals surface area contributed by atoms with E-state index in [0.29, 0.717) is 6.04 Å². The number of nitrogens with two attached hydrogens (primary N) is 1. The minimum absolute atomic E-state index is 0.636. The normalized spacial score (nSPS) is 18.6. The SMILES string of the molecule is CC(CCCN)N1CCN(c2ccccc2Cl)CC1. The van der Waals surface area contributed by atoms with Crippen molar-refractivity contribution >= 4 is 17.3 Å². The average Bonchev–Trinajstić information content (AvgIpc) is 2.45. The first-order chi connectivity index (χ1) is 9.22. The van der Waals surface area contributed by atoms with E-state index in [-0.39, 0.29) is 0 Å². The van der Waals surface area contributed by atoms with Gasteiger partial charge in [0.2, 0.25) is 0 Å². The highest BCUT2D eigenvalue weighted by Crippen LogP contribution is 2.26. The molecular formula is C15H24ClN3. The summed E-state index contributed by atoms with van der Waals surface area (Å²) in [6.07, 6.45) is 2.31. The number of para-hydroxylation sites is 1. The van der Waals surface area contributed by atoms with Crippen molar-refractivity contribution < 1.29 is 0 Å². The lowest BCUT2D eigenvalue weighted by molar-refractivity contribution is 0.187. The Morgan fingerprint density at radius 2 is 1.89 bits per heavy atom. The molecule has 1 fully saturated rings. The molecule has 0 aromatic heterocycles. The topological polar surface area (TPSA) is 32.5 Å². The lowest BCUT2D eigenvalue weighted by atomic mass is 10.1. The zero-order valence-electron chi connectivity index (χ0n) is 11.7. The Morgan fingerprint density at radius 1 is 1.21 bits per heavy atom. The van der Waals surface area contributed by atoms with Crippen molar-refractivity contribution in [3.63, 3.8) is 0 Å². The molecule has 19 heavy (non-hydrogen) atoms. The van der Waals surface area contributed by atoms with E-state index >= 15 is 0 Å². The highest BCUT2D eigenvalue weighted by molar-refractivity contribution is 6.33. The van der Waals surface area contributed by atoms with Crippen molar-refractivity contribution in [2.24, 2.45) is 5.73 Å². The summed E-state index contributed by atoms with van der Waals surface area (Å²) in [6, 6.07) is 8.74. The molecule has 0 amide bonds. The smallest absolute Gasteiger partial charge is 0.0639 e. The maximum atomic E-state index is 6.26. The fourth-order valence-electron chi connectivity index (χ4n) is 2.71. The van der Waals surface area contributed by atoms with Gasteiger partial charge < -0.3 is 10.6 Å². The molecule has 0 spiro atoms. The molecule has 1 heterocycles. The van der Waals surface area contributed by atoms with E-state index in [0.717, 1.165) is 44.2 Å². The number of nitrogens with zero attached hydrogens (tertiary/aromatic N) is 2. The molecule has 2 rings (SSSR count). The van der Waals surface area contributed by atoms with Crippen LogP contribution in [0.1, 0.15) is 19.8 Å². The van der Waals surface area contributed by atoms with Gasteiger partial charge in [-0.05, 0) is 38.4 Å². The van der Waals surface area contributed by atoms with Crippen LogP contribution in [0.5, 0.6) is 0 Å². The molecule has 3 nitrogen and oxygen atoms in total. The first-order valence-electron chi connectivity index (χ1n) is 7.16. The second-order valence-corrected chi connectivity index (χ2v) is 5.66. The minimum atomic E-state index is 0.636. The van der Waals surface area contributed by atoms with Crippen LogP contribution in [-0.2, 0) is 0 Å². The van der Waals surface area contributed by atoms with Crippen LogP contribution in [0.15, 0.2) is 24.3 Å². The van der Waals surface area contributed by atoms with Crippen LogP contribution in [0.3, 0.4) is 0 Å². The predicted molar refractivity (Wildman–Crippen MR) is 83.0 cm³/mol. The van der Waals surface area contributed by atoms with Crippen molar-refractivity contribution in [1.29, 1.82) is 0 Å². The molecule has 4 heteroatoms. The number of benzene rings is 1. The van der Waals surface area contributed by atoms with Gasteiger partial charge in [0, 0.05) is 32.2 Å². The van der Waals surface area contributed by atoms with Gasteiger partial charge in [-0.3, -0.25) is 4.90 Å². The van der Waals surface area contributed by atoms with Crippen LogP contribution in [0.2, 0.25) is 5.02 Å². The van der Waals surface area contributed by atoms with Gasteiger partial charge in [-0.2, -0.15) is 0 Å². The van der Waals surface area contributed by atoms with Gasteiger partial charge in [0.1, 0.15) is 0 Å². The van der Waals surface area contributed by atoms with Gasteiger partial charge >= 0.3 is 0 Å². The Kier molecular flexibility index (Phi) is 5.49. The second kappa shape index (κ2) is 7.13. The van der Waals surface area contributed by atoms with Crippen molar-refractivity contribution in [3.8, 4) is 0 Å². The zero-order chi connectivity index (χ0) is 13.7. The Hall–Kier alpha value is -0.770. The fraction of sp³-hybridized carbons (Fsp3) is 0.600. The van der Waals surface area contributed by atoms with E-state index in [1.807, 2.05) is 12.1 Å². The fourth-order valence-corrected chi connectivity index (χ4v) is 2.96. The quantitative estimate of drug-likeness (QED) is 0.900. The van der Waals surface area contributed by atoms with Crippen LogP contribution in [0.25, 0.3) is 0 Å². The van der Waals surface area contributed by atoms with E-state index in [1.54, 1.807) is 0 Å². The Labute approximate surface area is 121 Å². The lowest BCUT2D eigenvalue weighted by Gasteiger charge is -2.39. The summed E-state index contributed by atoms with van der Waals surface area (Å²) in [5.41, 5.74) is 6.74. The number of hydrogen-bond donors (Lipinski definition) is 1. The van der Waals surface area contributed by atoms with Crippen LogP contribution in [-0.4, -0.2) is 43.7 Å². The number of rotatable bonds is 5. The summed E-state index contributed by atoms with van der Waals surface area (Å²) in [4.78, 5) is 4.94. The molecule has 1 aromatic rings. The minimum Gasteiger partial charge on any atom is -0.368 e. The molecule has 0 saturated carbocycles. The number of piperazine rings is 1. The highest BCUT2D eigenvalue weighted by Gasteiger charge is 2.21. The molecule has 0 aliphatic carbocycles. The summed E-state index contributed by atoms with van der Waals surface area (Å²) >= 11 is 6.26. The molecular weight excluding hydrogens is 258 g/mol. The maximum Gasteiger partial charge on any atom is 0.0639 e. The molecule has 106 valence electrons. The standard InChI is InChI=1S/C15H24ClN3/c1-13(5-4-8-17)18-9-11-19(12-10-18)15-7-3-2-6-14(15)16/h2-3,6-7,13H,4-5,8-12,17H2,1H3. The van der Waals surface area contributed by atoms with E-state index < -0.39 is 0 Å². The maximum absolute atomic E-state index is 6.26. The third-order valence-electron chi connectivity index (χ3n) is 3.96. The van der Waals surface area contributed by atoms with Gasteiger partial charge in [-0.1, -0.05) is 23.7 Å². The third-order valence-corrected chi connectivity index (χ3v) is 4.28. The molecule has 0 bridgehead atoms. The second-order valence-electron chi connectivity index (χ2n) is 5.25. The van der Waals surface area contributed by atoms with Crippen LogP contribution >= 0.6 is 11.6 Å². The van der Waals surface area contributed by atoms with E-state index in [4.69, 9.17) is 17.3 Å². The van der Waals surface area contributed by atoms with Crippen molar-refractivity contribution in [3.05, 3.63) is 29.3 Å². The van der Waals surface area contributed by atoms with E-state index in [9.17, 15) is 0 Å². The molecule has 1 aliphatic heterocycles. The van der Waals surface area contributed by atoms with Gasteiger partial charge in [-0.25, -0.2) is 0 Å². The van der Waals surface area contributed by atoms with Gasteiger partial charge in [0.05, 0.1) is 10.7 Å². The van der Waals surface area contributed by atoms with Crippen LogP contribution in [0.4, 0.5) is 5.69 Å². The third kappa shape index (κ3) is 3.85. The number of halogens is 1. The van der Waals surface area contributed by atoms with Crippen molar-refractivity contribution in [1.82, 2.24) is 4.90 Å². The summed E-state index contributed by atoms with van der Waals surface area (Å²) in [6.45, 7) is 7.42. The highest BCUT2D eigenvalue weighted by atomic mass is 35.5. The molecule has 1 atom stereocenters. The summed E-state index contributed by atoms with van der Waals surface area (Å²) in [5, 5.41) is 0.854. The predicted octanol–water partition coefficient (Wildman–Crippen LogP) is 2.59. The number of anilines is 1. The summed E-state index contributed by atoms with van der Waals surface area (Å²) in [5.74, 6) is 0. The molecule has 1 unspecified atom stereocenters. The first-order valence-corrected chi connectivity index (χ1v) is 7.53. The van der Waals surface area contributed by atoms with Crippen LogP contribution in [0, 0.1) is 0 Å². The van der Waals surface area contributed by atoms with E-state index in [1.165, 1.54) is 12.1 Å². The Morgan fingerprint density at radius 3 is 2.53 bits per heavy atom. The Bertz CT molecular complexity index is 389. The first kappa shape index (κ1) is 14.6. The lowest BCUT2D eigenvalue weighted by Crippen LogP contribution is -2.49. The van der Waals surface area contributed by atoms with Crippen molar-refractivity contribution in [2.75, 3.05) is 37.6 Å². The van der Waals surface area contributed by atoms with Crippen LogP contribution < -0.4 is 10.6 Å². The molecule has 0 radical (unpaired) electrons. The monoisotopic (exact) mass is 281 g/mol. The number of hydrogen-bond acceptors (Lipinski definition) is 3. The van der Waals surface area contributed by atoms with Gasteiger partial charge in [0.15, 0.2) is 0 Å².